The molecule has 1 aliphatic rings. The standard InChI is InChI=1S/C24H22ClNO3/c1-15-22-20(13-17(14-21(22)27)18-9-5-6-10-19(18)25)26-23(15)24(28)29-12-11-16-7-3-2-4-8-16/h2-10,17,26H,11-14H2,1H3/t17-/m1/s1. The van der Waals surface area contributed by atoms with E-state index in [-0.39, 0.29) is 11.7 Å². The van der Waals surface area contributed by atoms with Crippen molar-refractivity contribution in [2.45, 2.75) is 32.1 Å². The third-order valence-corrected chi connectivity index (χ3v) is 5.85. The van der Waals surface area contributed by atoms with Crippen molar-refractivity contribution in [2.75, 3.05) is 6.61 Å². The van der Waals surface area contributed by atoms with Crippen LogP contribution >= 0.6 is 11.6 Å². The first-order valence-electron chi connectivity index (χ1n) is 9.74. The molecule has 4 rings (SSSR count). The second-order valence-corrected chi connectivity index (χ2v) is 7.81. The quantitative estimate of drug-likeness (QED) is 0.584. The Kier molecular flexibility index (Phi) is 5.54. The molecule has 0 fully saturated rings. The summed E-state index contributed by atoms with van der Waals surface area (Å²) in [5, 5.41) is 0.664. The molecule has 4 nitrogen and oxygen atoms in total. The first-order chi connectivity index (χ1) is 14.0. The topological polar surface area (TPSA) is 59.2 Å². The molecule has 29 heavy (non-hydrogen) atoms. The Morgan fingerprint density at radius 3 is 2.59 bits per heavy atom. The van der Waals surface area contributed by atoms with Crippen LogP contribution in [-0.2, 0) is 17.6 Å². The van der Waals surface area contributed by atoms with Gasteiger partial charge in [0.15, 0.2) is 5.78 Å². The smallest absolute Gasteiger partial charge is 0.355 e. The molecule has 0 amide bonds. The van der Waals surface area contributed by atoms with Gasteiger partial charge in [0.2, 0.25) is 0 Å². The predicted octanol–water partition coefficient (Wildman–Crippen LogP) is 5.29. The Bertz CT molecular complexity index is 1060. The Morgan fingerprint density at radius 2 is 1.83 bits per heavy atom. The monoisotopic (exact) mass is 407 g/mol. The second-order valence-electron chi connectivity index (χ2n) is 7.40. The van der Waals surface area contributed by atoms with Crippen molar-refractivity contribution >= 4 is 23.4 Å². The Hall–Kier alpha value is -2.85. The molecule has 0 aliphatic heterocycles. The number of fused-ring (bicyclic) bond motifs is 1. The lowest BCUT2D eigenvalue weighted by Crippen LogP contribution is -2.18. The van der Waals surface area contributed by atoms with Crippen LogP contribution in [0.15, 0.2) is 54.6 Å². The summed E-state index contributed by atoms with van der Waals surface area (Å²) in [4.78, 5) is 28.6. The highest BCUT2D eigenvalue weighted by Gasteiger charge is 2.32. The summed E-state index contributed by atoms with van der Waals surface area (Å²) in [5.41, 5.74) is 4.54. The number of hydrogen-bond donors (Lipinski definition) is 1. The van der Waals surface area contributed by atoms with Crippen LogP contribution in [0.4, 0.5) is 0 Å². The third-order valence-electron chi connectivity index (χ3n) is 5.50. The summed E-state index contributed by atoms with van der Waals surface area (Å²) in [7, 11) is 0. The number of ether oxygens (including phenoxy) is 1. The Labute approximate surface area is 174 Å². The lowest BCUT2D eigenvalue weighted by molar-refractivity contribution is 0.0502. The van der Waals surface area contributed by atoms with Gasteiger partial charge in [0, 0.05) is 29.1 Å². The molecule has 148 valence electrons. The molecule has 1 aliphatic carbocycles. The first kappa shape index (κ1) is 19.5. The maximum atomic E-state index is 12.8. The largest absolute Gasteiger partial charge is 0.461 e. The second kappa shape index (κ2) is 8.26. The van der Waals surface area contributed by atoms with E-state index < -0.39 is 5.97 Å². The highest BCUT2D eigenvalue weighted by atomic mass is 35.5. The van der Waals surface area contributed by atoms with Crippen LogP contribution in [0.25, 0.3) is 0 Å². The molecule has 0 saturated heterocycles. The summed E-state index contributed by atoms with van der Waals surface area (Å²) >= 11 is 6.33. The van der Waals surface area contributed by atoms with E-state index in [0.29, 0.717) is 47.7 Å². The fourth-order valence-corrected chi connectivity index (χ4v) is 4.33. The van der Waals surface area contributed by atoms with E-state index in [0.717, 1.165) is 16.8 Å². The van der Waals surface area contributed by atoms with Crippen molar-refractivity contribution in [1.29, 1.82) is 0 Å². The maximum Gasteiger partial charge on any atom is 0.355 e. The predicted molar refractivity (Wildman–Crippen MR) is 113 cm³/mol. The molecule has 5 heteroatoms. The van der Waals surface area contributed by atoms with E-state index in [9.17, 15) is 9.59 Å². The fourth-order valence-electron chi connectivity index (χ4n) is 4.04. The molecule has 1 aromatic heterocycles. The summed E-state index contributed by atoms with van der Waals surface area (Å²) in [6, 6.07) is 17.5. The highest BCUT2D eigenvalue weighted by Crippen LogP contribution is 2.37. The van der Waals surface area contributed by atoms with Crippen molar-refractivity contribution in [3.63, 3.8) is 0 Å². The van der Waals surface area contributed by atoms with Crippen LogP contribution < -0.4 is 0 Å². The lowest BCUT2D eigenvalue weighted by atomic mass is 9.81. The number of rotatable bonds is 5. The molecular formula is C24H22ClNO3. The molecule has 1 N–H and O–H groups in total. The van der Waals surface area contributed by atoms with Gasteiger partial charge in [-0.15, -0.1) is 0 Å². The van der Waals surface area contributed by atoms with Crippen LogP contribution in [0, 0.1) is 6.92 Å². The van der Waals surface area contributed by atoms with Crippen molar-refractivity contribution in [1.82, 2.24) is 4.98 Å². The number of H-pyrrole nitrogens is 1. The maximum absolute atomic E-state index is 12.8. The minimum absolute atomic E-state index is 0.00343. The summed E-state index contributed by atoms with van der Waals surface area (Å²) < 4.78 is 5.45. The van der Waals surface area contributed by atoms with Gasteiger partial charge >= 0.3 is 5.97 Å². The van der Waals surface area contributed by atoms with E-state index in [4.69, 9.17) is 16.3 Å². The number of aromatic amines is 1. The molecule has 0 bridgehead atoms. The molecule has 0 radical (unpaired) electrons. The van der Waals surface area contributed by atoms with E-state index in [1.54, 1.807) is 6.92 Å². The molecule has 3 aromatic rings. The minimum atomic E-state index is -0.421. The van der Waals surface area contributed by atoms with E-state index >= 15 is 0 Å². The molecule has 1 atom stereocenters. The SMILES string of the molecule is Cc1c(C(=O)OCCc2ccccc2)[nH]c2c1C(=O)C[C@H](c1ccccc1Cl)C2. The van der Waals surface area contributed by atoms with E-state index in [1.807, 2.05) is 54.6 Å². The van der Waals surface area contributed by atoms with Gasteiger partial charge in [0.05, 0.1) is 6.61 Å². The number of ketones is 1. The Balaban J connectivity index is 1.50. The zero-order chi connectivity index (χ0) is 20.4. The minimum Gasteiger partial charge on any atom is -0.461 e. The zero-order valence-corrected chi connectivity index (χ0v) is 17.0. The van der Waals surface area contributed by atoms with E-state index in [2.05, 4.69) is 4.98 Å². The van der Waals surface area contributed by atoms with Gasteiger partial charge in [-0.3, -0.25) is 4.79 Å². The first-order valence-corrected chi connectivity index (χ1v) is 10.1. The summed E-state index contributed by atoms with van der Waals surface area (Å²) in [6.07, 6.45) is 1.68. The van der Waals surface area contributed by atoms with Crippen LogP contribution in [0.5, 0.6) is 0 Å². The number of aromatic nitrogens is 1. The van der Waals surface area contributed by atoms with Gasteiger partial charge < -0.3 is 9.72 Å². The molecule has 1 heterocycles. The molecule has 0 saturated carbocycles. The number of carbonyl (C=O) groups is 2. The van der Waals surface area contributed by atoms with Crippen molar-refractivity contribution < 1.29 is 14.3 Å². The third kappa shape index (κ3) is 3.99. The van der Waals surface area contributed by atoms with Gasteiger partial charge in [0.25, 0.3) is 0 Å². The van der Waals surface area contributed by atoms with Crippen LogP contribution in [0.1, 0.15) is 55.6 Å². The number of halogens is 1. The zero-order valence-electron chi connectivity index (χ0n) is 16.2. The van der Waals surface area contributed by atoms with E-state index in [1.165, 1.54) is 0 Å². The number of hydrogen-bond acceptors (Lipinski definition) is 3. The number of benzene rings is 2. The highest BCUT2D eigenvalue weighted by molar-refractivity contribution is 6.31. The lowest BCUT2D eigenvalue weighted by Gasteiger charge is -2.22. The van der Waals surface area contributed by atoms with Crippen molar-refractivity contribution in [3.8, 4) is 0 Å². The van der Waals surface area contributed by atoms with Gasteiger partial charge in [-0.2, -0.15) is 0 Å². The fraction of sp³-hybridized carbons (Fsp3) is 0.250. The molecule has 0 unspecified atom stereocenters. The van der Waals surface area contributed by atoms with Gasteiger partial charge in [-0.1, -0.05) is 60.1 Å². The van der Waals surface area contributed by atoms with Crippen molar-refractivity contribution in [2.24, 2.45) is 0 Å². The van der Waals surface area contributed by atoms with Crippen molar-refractivity contribution in [3.05, 3.63) is 93.3 Å². The number of Topliss-reactive ketones (excluding diaryl/α,β-unsaturated/α-hetero) is 1. The normalized spacial score (nSPS) is 15.8. The van der Waals surface area contributed by atoms with Crippen LogP contribution in [0.3, 0.4) is 0 Å². The molecule has 2 aromatic carbocycles. The average molecular weight is 408 g/mol. The number of carbonyl (C=O) groups excluding carboxylic acids is 2. The number of nitrogens with one attached hydrogen (secondary N) is 1. The summed E-state index contributed by atoms with van der Waals surface area (Å²) in [6.45, 7) is 2.10. The van der Waals surface area contributed by atoms with Gasteiger partial charge in [-0.05, 0) is 42.0 Å². The summed E-state index contributed by atoms with van der Waals surface area (Å²) in [5.74, 6) is -0.383. The Morgan fingerprint density at radius 1 is 1.10 bits per heavy atom. The van der Waals surface area contributed by atoms with Gasteiger partial charge in [0.1, 0.15) is 5.69 Å². The molecule has 0 spiro atoms. The van der Waals surface area contributed by atoms with Gasteiger partial charge in [-0.25, -0.2) is 4.79 Å². The average Bonchev–Trinajstić information content (AvgIpc) is 3.06. The van der Waals surface area contributed by atoms with Crippen LogP contribution in [0.2, 0.25) is 5.02 Å². The molecular weight excluding hydrogens is 386 g/mol. The van der Waals surface area contributed by atoms with Crippen LogP contribution in [-0.4, -0.2) is 23.3 Å². The number of esters is 1.